The van der Waals surface area contributed by atoms with Crippen LogP contribution in [-0.2, 0) is 10.8 Å². The summed E-state index contributed by atoms with van der Waals surface area (Å²) >= 11 is 0. The molecule has 0 unspecified atom stereocenters. The van der Waals surface area contributed by atoms with Gasteiger partial charge in [-0.25, -0.2) is 0 Å². The molecule has 15 heavy (non-hydrogen) atoms. The van der Waals surface area contributed by atoms with Crippen molar-refractivity contribution in [3.8, 4) is 0 Å². The van der Waals surface area contributed by atoms with Crippen molar-refractivity contribution in [2.75, 3.05) is 0 Å². The van der Waals surface area contributed by atoms with E-state index in [-0.39, 0.29) is 0 Å². The van der Waals surface area contributed by atoms with Gasteiger partial charge in [-0.2, -0.15) is 0 Å². The van der Waals surface area contributed by atoms with Crippen molar-refractivity contribution < 1.29 is 4.80 Å². The Hall–Kier alpha value is -0.603. The second-order valence-corrected chi connectivity index (χ2v) is 9.50. The van der Waals surface area contributed by atoms with Gasteiger partial charge in [-0.3, -0.25) is 4.80 Å². The minimum Gasteiger partial charge on any atom is -0.296 e. The third-order valence-corrected chi connectivity index (χ3v) is 8.15. The van der Waals surface area contributed by atoms with Crippen LogP contribution in [0.1, 0.15) is 33.3 Å². The highest BCUT2D eigenvalue weighted by atomic mass is 28.4. The van der Waals surface area contributed by atoms with Crippen molar-refractivity contribution in [3.05, 3.63) is 35.9 Å². The molecule has 0 fully saturated rings. The molecule has 83 valence electrons. The van der Waals surface area contributed by atoms with Gasteiger partial charge in [0.25, 0.3) is 0 Å². The Morgan fingerprint density at radius 2 is 1.47 bits per heavy atom. The molecule has 0 saturated carbocycles. The first-order valence-electron chi connectivity index (χ1n) is 5.71. The van der Waals surface area contributed by atoms with E-state index in [1.54, 1.807) is 0 Å². The molecule has 0 aliphatic heterocycles. The molecule has 0 bridgehead atoms. The third-order valence-electron chi connectivity index (χ3n) is 3.28. The Balaban J connectivity index is 2.85. The zero-order chi connectivity index (χ0) is 11.5. The number of hydrogen-bond donors (Lipinski definition) is 0. The lowest BCUT2D eigenvalue weighted by Gasteiger charge is -2.30. The average molecular weight is 221 g/mol. The predicted molar refractivity (Wildman–Crippen MR) is 66.8 cm³/mol. The van der Waals surface area contributed by atoms with Crippen LogP contribution in [0.3, 0.4) is 0 Å². The first-order valence-corrected chi connectivity index (χ1v) is 7.98. The van der Waals surface area contributed by atoms with E-state index in [2.05, 4.69) is 39.8 Å². The van der Waals surface area contributed by atoms with Crippen molar-refractivity contribution in [2.45, 2.75) is 44.8 Å². The Bertz CT molecular complexity index is 285. The van der Waals surface area contributed by atoms with E-state index in [1.165, 1.54) is 5.56 Å². The van der Waals surface area contributed by atoms with Crippen LogP contribution in [-0.4, -0.2) is 8.32 Å². The number of hydrogen-bond acceptors (Lipinski definition) is 0. The molecule has 1 nitrogen and oxygen atoms in total. The van der Waals surface area contributed by atoms with E-state index in [1.807, 2.05) is 18.2 Å². The molecular weight excluding hydrogens is 200 g/mol. The summed E-state index contributed by atoms with van der Waals surface area (Å²) in [6.07, 6.45) is 0. The van der Waals surface area contributed by atoms with Crippen LogP contribution < -0.4 is 0 Å². The highest BCUT2D eigenvalue weighted by Crippen LogP contribution is 2.33. The molecule has 0 atom stereocenters. The molecule has 0 spiro atoms. The summed E-state index contributed by atoms with van der Waals surface area (Å²) in [5.74, 6) is 0. The van der Waals surface area contributed by atoms with Crippen LogP contribution in [0.15, 0.2) is 30.3 Å². The average Bonchev–Trinajstić information content (AvgIpc) is 2.18. The topological polar surface area (TPSA) is 19.9 Å². The lowest BCUT2D eigenvalue weighted by Crippen LogP contribution is -2.42. The largest absolute Gasteiger partial charge is 0.296 e. The standard InChI is InChI=1S/C13H21OSi/c1-11(2)15(14,12(3)4)10-13-8-6-5-7-9-13/h5-9,11-12H,10H2,1-4H3. The summed E-state index contributed by atoms with van der Waals surface area (Å²) in [5.41, 5.74) is 1.82. The van der Waals surface area contributed by atoms with Gasteiger partial charge in [-0.15, -0.1) is 0 Å². The van der Waals surface area contributed by atoms with E-state index in [4.69, 9.17) is 0 Å². The SMILES string of the molecule is CC(C)[Si]([O])(Cc1ccccc1)C(C)C. The number of rotatable bonds is 4. The van der Waals surface area contributed by atoms with Gasteiger partial charge >= 0.3 is 0 Å². The molecular formula is C13H21OSi. The molecule has 0 saturated heterocycles. The van der Waals surface area contributed by atoms with Crippen LogP contribution in [0.4, 0.5) is 0 Å². The molecule has 0 aliphatic rings. The monoisotopic (exact) mass is 221 g/mol. The Morgan fingerprint density at radius 1 is 1.00 bits per heavy atom. The molecule has 0 aliphatic carbocycles. The van der Waals surface area contributed by atoms with E-state index >= 15 is 0 Å². The fourth-order valence-electron chi connectivity index (χ4n) is 1.99. The zero-order valence-electron chi connectivity index (χ0n) is 10.2. The quantitative estimate of drug-likeness (QED) is 0.686. The normalized spacial score (nSPS) is 12.5. The fourth-order valence-corrected chi connectivity index (χ4v) is 5.01. The summed E-state index contributed by atoms with van der Waals surface area (Å²) in [6, 6.07) is 11.0. The maximum Gasteiger partial charge on any atom is 0.246 e. The number of benzene rings is 1. The van der Waals surface area contributed by atoms with Crippen molar-refractivity contribution in [3.63, 3.8) is 0 Å². The van der Waals surface area contributed by atoms with Crippen molar-refractivity contribution >= 4 is 8.32 Å². The Morgan fingerprint density at radius 3 is 1.87 bits per heavy atom. The summed E-state index contributed by atoms with van der Waals surface area (Å²) in [7, 11) is -2.39. The zero-order valence-corrected chi connectivity index (χ0v) is 11.2. The van der Waals surface area contributed by atoms with Crippen molar-refractivity contribution in [1.29, 1.82) is 0 Å². The maximum atomic E-state index is 12.8. The van der Waals surface area contributed by atoms with Crippen molar-refractivity contribution in [1.82, 2.24) is 0 Å². The lowest BCUT2D eigenvalue weighted by atomic mass is 10.2. The third kappa shape index (κ3) is 2.92. The highest BCUT2D eigenvalue weighted by Gasteiger charge is 2.40. The smallest absolute Gasteiger partial charge is 0.246 e. The second kappa shape index (κ2) is 4.95. The molecule has 1 radical (unpaired) electrons. The van der Waals surface area contributed by atoms with Crippen molar-refractivity contribution in [2.24, 2.45) is 0 Å². The first kappa shape index (κ1) is 12.5. The van der Waals surface area contributed by atoms with E-state index in [9.17, 15) is 4.80 Å². The molecule has 1 rings (SSSR count). The molecule has 0 aromatic heterocycles. The Labute approximate surface area is 94.3 Å². The van der Waals surface area contributed by atoms with E-state index < -0.39 is 8.32 Å². The molecule has 2 heteroatoms. The van der Waals surface area contributed by atoms with Gasteiger partial charge < -0.3 is 0 Å². The van der Waals surface area contributed by atoms with Gasteiger partial charge in [0, 0.05) is 0 Å². The minimum absolute atomic E-state index is 0.303. The second-order valence-electron chi connectivity index (χ2n) is 4.93. The molecule has 1 aromatic carbocycles. The van der Waals surface area contributed by atoms with Gasteiger partial charge in [-0.1, -0.05) is 58.0 Å². The van der Waals surface area contributed by atoms with Gasteiger partial charge in [-0.05, 0) is 22.7 Å². The summed E-state index contributed by atoms with van der Waals surface area (Å²) < 4.78 is 0. The van der Waals surface area contributed by atoms with Gasteiger partial charge in [0.2, 0.25) is 8.32 Å². The summed E-state index contributed by atoms with van der Waals surface area (Å²) in [6.45, 7) is 8.34. The van der Waals surface area contributed by atoms with Gasteiger partial charge in [0.1, 0.15) is 0 Å². The highest BCUT2D eigenvalue weighted by molar-refractivity contribution is 6.74. The molecule has 0 amide bonds. The van der Waals surface area contributed by atoms with Crippen LogP contribution in [0.5, 0.6) is 0 Å². The molecule has 1 aromatic rings. The molecule has 0 heterocycles. The lowest BCUT2D eigenvalue weighted by molar-refractivity contribution is 0.386. The van der Waals surface area contributed by atoms with Gasteiger partial charge in [0.05, 0.1) is 0 Å². The van der Waals surface area contributed by atoms with Crippen LogP contribution >= 0.6 is 0 Å². The van der Waals surface area contributed by atoms with Crippen LogP contribution in [0.25, 0.3) is 0 Å². The summed E-state index contributed by atoms with van der Waals surface area (Å²) in [5, 5.41) is 0. The maximum absolute atomic E-state index is 12.8. The van der Waals surface area contributed by atoms with Gasteiger partial charge in [0.15, 0.2) is 0 Å². The van der Waals surface area contributed by atoms with E-state index in [0.29, 0.717) is 11.1 Å². The summed E-state index contributed by atoms with van der Waals surface area (Å²) in [4.78, 5) is 12.8. The van der Waals surface area contributed by atoms with Crippen LogP contribution in [0, 0.1) is 0 Å². The van der Waals surface area contributed by atoms with E-state index in [0.717, 1.165) is 6.04 Å². The minimum atomic E-state index is -2.39. The first-order chi connectivity index (χ1) is 6.97. The Kier molecular flexibility index (Phi) is 4.11. The molecule has 0 N–H and O–H groups in total. The van der Waals surface area contributed by atoms with Crippen LogP contribution in [0.2, 0.25) is 11.1 Å². The fraction of sp³-hybridized carbons (Fsp3) is 0.538. The predicted octanol–water partition coefficient (Wildman–Crippen LogP) is 3.96.